The minimum absolute atomic E-state index is 0.462. The zero-order chi connectivity index (χ0) is 9.41. The maximum absolute atomic E-state index is 11.8. The second-order valence-corrected chi connectivity index (χ2v) is 3.24. The van der Waals surface area contributed by atoms with Gasteiger partial charge < -0.3 is 9.90 Å². The van der Waals surface area contributed by atoms with E-state index in [2.05, 4.69) is 0 Å². The van der Waals surface area contributed by atoms with Crippen LogP contribution in [0.1, 0.15) is 19.3 Å². The quantitative estimate of drug-likeness (QED) is 0.667. The Morgan fingerprint density at radius 1 is 1.50 bits per heavy atom. The van der Waals surface area contributed by atoms with E-state index < -0.39 is 24.1 Å². The fourth-order valence-electron chi connectivity index (χ4n) is 1.03. The summed E-state index contributed by atoms with van der Waals surface area (Å²) in [6.07, 6.45) is -6.00. The number of halogens is 3. The van der Waals surface area contributed by atoms with Gasteiger partial charge in [-0.15, -0.1) is 0 Å². The van der Waals surface area contributed by atoms with Gasteiger partial charge in [0.2, 0.25) is 0 Å². The molecule has 2 nitrogen and oxygen atoms in total. The first-order chi connectivity index (χ1) is 5.40. The molecule has 5 heteroatoms. The number of rotatable bonds is 3. The highest BCUT2D eigenvalue weighted by atomic mass is 19.4. The van der Waals surface area contributed by atoms with Crippen LogP contribution >= 0.6 is 0 Å². The van der Waals surface area contributed by atoms with E-state index in [4.69, 9.17) is 5.11 Å². The van der Waals surface area contributed by atoms with Gasteiger partial charge >= 0.3 is 6.18 Å². The summed E-state index contributed by atoms with van der Waals surface area (Å²) in [5, 5.41) is 8.61. The lowest BCUT2D eigenvalue weighted by Gasteiger charge is -2.16. The van der Waals surface area contributed by atoms with Crippen LogP contribution in [0.2, 0.25) is 0 Å². The molecule has 0 aliphatic heterocycles. The topological polar surface area (TPSA) is 37.3 Å². The van der Waals surface area contributed by atoms with E-state index in [1.165, 1.54) is 0 Å². The molecule has 1 aliphatic rings. The Hall–Kier alpha value is -0.580. The van der Waals surface area contributed by atoms with Crippen LogP contribution in [-0.4, -0.2) is 23.7 Å². The molecular weight excluding hydrogens is 173 g/mol. The monoisotopic (exact) mass is 182 g/mol. The molecule has 1 atom stereocenters. The van der Waals surface area contributed by atoms with Gasteiger partial charge in [0.1, 0.15) is 6.29 Å². The predicted molar refractivity (Wildman–Crippen MR) is 34.4 cm³/mol. The molecule has 12 heavy (non-hydrogen) atoms. The summed E-state index contributed by atoms with van der Waals surface area (Å²) >= 11 is 0. The standard InChI is InChI=1S/C7H9F3O2/c8-7(9,10)5(12)3-6(4-11)1-2-6/h4-5,12H,1-3H2. The van der Waals surface area contributed by atoms with Gasteiger partial charge in [0, 0.05) is 5.41 Å². The summed E-state index contributed by atoms with van der Waals surface area (Å²) in [7, 11) is 0. The summed E-state index contributed by atoms with van der Waals surface area (Å²) in [6.45, 7) is 0. The van der Waals surface area contributed by atoms with Crippen molar-refractivity contribution in [3.8, 4) is 0 Å². The van der Waals surface area contributed by atoms with E-state index in [-0.39, 0.29) is 0 Å². The van der Waals surface area contributed by atoms with Crippen LogP contribution in [0.3, 0.4) is 0 Å². The van der Waals surface area contributed by atoms with Crippen molar-refractivity contribution in [1.82, 2.24) is 0 Å². The number of hydrogen-bond donors (Lipinski definition) is 1. The van der Waals surface area contributed by atoms with Crippen LogP contribution in [0.25, 0.3) is 0 Å². The van der Waals surface area contributed by atoms with Crippen molar-refractivity contribution in [2.75, 3.05) is 0 Å². The number of aliphatic hydroxyl groups is 1. The highest BCUT2D eigenvalue weighted by Crippen LogP contribution is 2.49. The molecule has 70 valence electrons. The van der Waals surface area contributed by atoms with Crippen molar-refractivity contribution in [2.45, 2.75) is 31.5 Å². The molecule has 0 spiro atoms. The van der Waals surface area contributed by atoms with Crippen molar-refractivity contribution in [3.63, 3.8) is 0 Å². The molecule has 0 aromatic heterocycles. The molecule has 0 aromatic rings. The molecule has 1 saturated carbocycles. The van der Waals surface area contributed by atoms with E-state index in [0.29, 0.717) is 19.1 Å². The van der Waals surface area contributed by atoms with Crippen molar-refractivity contribution in [1.29, 1.82) is 0 Å². The largest absolute Gasteiger partial charge is 0.414 e. The zero-order valence-corrected chi connectivity index (χ0v) is 6.27. The Kier molecular flexibility index (Phi) is 2.16. The van der Waals surface area contributed by atoms with E-state index in [0.717, 1.165) is 0 Å². The van der Waals surface area contributed by atoms with Gasteiger partial charge in [-0.2, -0.15) is 13.2 Å². The van der Waals surface area contributed by atoms with Gasteiger partial charge in [0.05, 0.1) is 0 Å². The van der Waals surface area contributed by atoms with Gasteiger partial charge in [0.25, 0.3) is 0 Å². The second kappa shape index (κ2) is 2.73. The first kappa shape index (κ1) is 9.51. The van der Waals surface area contributed by atoms with Crippen LogP contribution in [0.15, 0.2) is 0 Å². The second-order valence-electron chi connectivity index (χ2n) is 3.24. The molecular formula is C7H9F3O2. The number of carbonyl (C=O) groups is 1. The Labute approximate surface area is 67.4 Å². The maximum atomic E-state index is 11.8. The third-order valence-corrected chi connectivity index (χ3v) is 2.12. The smallest absolute Gasteiger partial charge is 0.384 e. The van der Waals surface area contributed by atoms with Gasteiger partial charge in [-0.25, -0.2) is 0 Å². The number of aldehydes is 1. The fraction of sp³-hybridized carbons (Fsp3) is 0.857. The van der Waals surface area contributed by atoms with Crippen molar-refractivity contribution in [2.24, 2.45) is 5.41 Å². The van der Waals surface area contributed by atoms with Gasteiger partial charge in [-0.3, -0.25) is 0 Å². The molecule has 0 bridgehead atoms. The lowest BCUT2D eigenvalue weighted by molar-refractivity contribution is -0.208. The molecule has 1 unspecified atom stereocenters. The van der Waals surface area contributed by atoms with Crippen LogP contribution in [-0.2, 0) is 4.79 Å². The maximum Gasteiger partial charge on any atom is 0.414 e. The summed E-state index contributed by atoms with van der Waals surface area (Å²) < 4.78 is 35.3. The molecule has 0 radical (unpaired) electrons. The van der Waals surface area contributed by atoms with Gasteiger partial charge in [-0.05, 0) is 19.3 Å². The average molecular weight is 182 g/mol. The van der Waals surface area contributed by atoms with E-state index in [9.17, 15) is 18.0 Å². The van der Waals surface area contributed by atoms with Gasteiger partial charge in [0.15, 0.2) is 6.10 Å². The molecule has 1 rings (SSSR count). The molecule has 0 heterocycles. The van der Waals surface area contributed by atoms with Crippen molar-refractivity contribution < 1.29 is 23.1 Å². The molecule has 0 aromatic carbocycles. The summed E-state index contributed by atoms with van der Waals surface area (Å²) in [4.78, 5) is 10.3. The lowest BCUT2D eigenvalue weighted by atomic mass is 10.0. The minimum atomic E-state index is -4.60. The number of hydrogen-bond acceptors (Lipinski definition) is 2. The fourth-order valence-corrected chi connectivity index (χ4v) is 1.03. The Bertz CT molecular complexity index is 184. The van der Waals surface area contributed by atoms with Crippen LogP contribution < -0.4 is 0 Å². The van der Waals surface area contributed by atoms with Gasteiger partial charge in [-0.1, -0.05) is 0 Å². The first-order valence-corrected chi connectivity index (χ1v) is 3.61. The van der Waals surface area contributed by atoms with Crippen molar-refractivity contribution >= 4 is 6.29 Å². The third-order valence-electron chi connectivity index (χ3n) is 2.12. The lowest BCUT2D eigenvalue weighted by Crippen LogP contribution is -2.31. The summed E-state index contributed by atoms with van der Waals surface area (Å²) in [5.74, 6) is 0. The molecule has 0 saturated heterocycles. The predicted octanol–water partition coefficient (Wildman–Crippen LogP) is 1.28. The summed E-state index contributed by atoms with van der Waals surface area (Å²) in [6, 6.07) is 0. The number of alkyl halides is 3. The molecule has 1 aliphatic carbocycles. The normalized spacial score (nSPS) is 23.3. The first-order valence-electron chi connectivity index (χ1n) is 3.61. The minimum Gasteiger partial charge on any atom is -0.384 e. The van der Waals surface area contributed by atoms with Crippen molar-refractivity contribution in [3.05, 3.63) is 0 Å². The number of aliphatic hydroxyl groups excluding tert-OH is 1. The van der Waals surface area contributed by atoms with E-state index in [1.54, 1.807) is 0 Å². The number of carbonyl (C=O) groups excluding carboxylic acids is 1. The van der Waals surface area contributed by atoms with E-state index >= 15 is 0 Å². The van der Waals surface area contributed by atoms with Crippen LogP contribution in [0, 0.1) is 5.41 Å². The van der Waals surface area contributed by atoms with Crippen LogP contribution in [0.5, 0.6) is 0 Å². The average Bonchev–Trinajstić information content (AvgIpc) is 2.67. The highest BCUT2D eigenvalue weighted by Gasteiger charge is 2.50. The Morgan fingerprint density at radius 3 is 2.25 bits per heavy atom. The zero-order valence-electron chi connectivity index (χ0n) is 6.27. The Balaban J connectivity index is 2.46. The van der Waals surface area contributed by atoms with Crippen LogP contribution in [0.4, 0.5) is 13.2 Å². The van der Waals surface area contributed by atoms with E-state index in [1.807, 2.05) is 0 Å². The highest BCUT2D eigenvalue weighted by molar-refractivity contribution is 5.63. The summed E-state index contributed by atoms with van der Waals surface area (Å²) in [5.41, 5.74) is -0.880. The third kappa shape index (κ3) is 1.97. The molecule has 1 N–H and O–H groups in total. The molecule has 0 amide bonds. The SMILES string of the molecule is O=CC1(CC(O)C(F)(F)F)CC1. The Morgan fingerprint density at radius 2 is 2.00 bits per heavy atom. The molecule has 1 fully saturated rings.